The van der Waals surface area contributed by atoms with Gasteiger partial charge >= 0.3 is 0 Å². The average molecular weight is 207 g/mol. The molecule has 0 fully saturated rings. The van der Waals surface area contributed by atoms with E-state index in [0.717, 1.165) is 22.5 Å². The van der Waals surface area contributed by atoms with Crippen LogP contribution in [0.2, 0.25) is 0 Å². The molecule has 2 rings (SSSR count). The standard InChI is InChI=1S/C10H9NO2S/c1-6-4-2-3-5-7(6)9-11-8(12)10(13)14-9/h2-5,12-13H,1H3. The minimum atomic E-state index is -0.298. The summed E-state index contributed by atoms with van der Waals surface area (Å²) >= 11 is 1.08. The van der Waals surface area contributed by atoms with Gasteiger partial charge in [-0.25, -0.2) is 0 Å². The first-order valence-electron chi connectivity index (χ1n) is 4.13. The third kappa shape index (κ3) is 1.44. The maximum atomic E-state index is 9.20. The van der Waals surface area contributed by atoms with Gasteiger partial charge in [-0.2, -0.15) is 4.98 Å². The fraction of sp³-hybridized carbons (Fsp3) is 0.100. The topological polar surface area (TPSA) is 53.4 Å². The Morgan fingerprint density at radius 1 is 1.21 bits per heavy atom. The van der Waals surface area contributed by atoms with Crippen LogP contribution in [0.3, 0.4) is 0 Å². The molecule has 1 aromatic heterocycles. The van der Waals surface area contributed by atoms with E-state index in [1.807, 2.05) is 31.2 Å². The molecule has 0 aliphatic heterocycles. The molecule has 72 valence electrons. The molecule has 2 N–H and O–H groups in total. The highest BCUT2D eigenvalue weighted by molar-refractivity contribution is 7.17. The smallest absolute Gasteiger partial charge is 0.267 e. The van der Waals surface area contributed by atoms with Gasteiger partial charge in [-0.3, -0.25) is 0 Å². The number of thiazole rings is 1. The third-order valence-electron chi connectivity index (χ3n) is 1.97. The van der Waals surface area contributed by atoms with Crippen LogP contribution in [-0.4, -0.2) is 15.2 Å². The molecule has 0 aliphatic rings. The van der Waals surface area contributed by atoms with Crippen molar-refractivity contribution in [3.63, 3.8) is 0 Å². The summed E-state index contributed by atoms with van der Waals surface area (Å²) in [5.74, 6) is -0.298. The summed E-state index contributed by atoms with van der Waals surface area (Å²) in [5, 5.41) is 18.8. The van der Waals surface area contributed by atoms with Crippen molar-refractivity contribution < 1.29 is 10.2 Å². The Balaban J connectivity index is 2.55. The lowest BCUT2D eigenvalue weighted by Gasteiger charge is -1.99. The number of aromatic hydroxyl groups is 2. The van der Waals surface area contributed by atoms with Crippen LogP contribution < -0.4 is 0 Å². The molecule has 1 aromatic carbocycles. The van der Waals surface area contributed by atoms with E-state index in [1.54, 1.807) is 0 Å². The number of aryl methyl sites for hydroxylation is 1. The van der Waals surface area contributed by atoms with Crippen LogP contribution in [0.4, 0.5) is 0 Å². The van der Waals surface area contributed by atoms with E-state index in [4.69, 9.17) is 5.11 Å². The summed E-state index contributed by atoms with van der Waals surface area (Å²) in [6.45, 7) is 1.96. The zero-order valence-electron chi connectivity index (χ0n) is 7.56. The lowest BCUT2D eigenvalue weighted by Crippen LogP contribution is -1.80. The van der Waals surface area contributed by atoms with Crippen molar-refractivity contribution in [2.24, 2.45) is 0 Å². The summed E-state index contributed by atoms with van der Waals surface area (Å²) in [7, 11) is 0. The van der Waals surface area contributed by atoms with Crippen LogP contribution in [0.15, 0.2) is 24.3 Å². The van der Waals surface area contributed by atoms with E-state index < -0.39 is 0 Å². The van der Waals surface area contributed by atoms with Gasteiger partial charge in [0.15, 0.2) is 0 Å². The predicted octanol–water partition coefficient (Wildman–Crippen LogP) is 2.53. The lowest BCUT2D eigenvalue weighted by atomic mass is 10.1. The van der Waals surface area contributed by atoms with E-state index in [9.17, 15) is 5.11 Å². The molecule has 0 spiro atoms. The zero-order valence-corrected chi connectivity index (χ0v) is 8.38. The number of hydrogen-bond donors (Lipinski definition) is 2. The number of benzene rings is 1. The van der Waals surface area contributed by atoms with Crippen molar-refractivity contribution in [3.8, 4) is 21.5 Å². The molecular weight excluding hydrogens is 198 g/mol. The van der Waals surface area contributed by atoms with Crippen molar-refractivity contribution >= 4 is 11.3 Å². The lowest BCUT2D eigenvalue weighted by molar-refractivity contribution is 0.402. The highest BCUT2D eigenvalue weighted by Crippen LogP contribution is 2.37. The highest BCUT2D eigenvalue weighted by atomic mass is 32.1. The molecule has 0 atom stereocenters. The fourth-order valence-electron chi connectivity index (χ4n) is 1.23. The normalized spacial score (nSPS) is 10.4. The van der Waals surface area contributed by atoms with Crippen molar-refractivity contribution in [2.45, 2.75) is 6.92 Å². The Kier molecular flexibility index (Phi) is 2.13. The highest BCUT2D eigenvalue weighted by Gasteiger charge is 2.11. The van der Waals surface area contributed by atoms with E-state index in [0.29, 0.717) is 5.01 Å². The average Bonchev–Trinajstić information content (AvgIpc) is 2.48. The van der Waals surface area contributed by atoms with E-state index in [-0.39, 0.29) is 10.9 Å². The predicted molar refractivity (Wildman–Crippen MR) is 55.6 cm³/mol. The maximum absolute atomic E-state index is 9.20. The second-order valence-corrected chi connectivity index (χ2v) is 3.94. The Labute approximate surface area is 85.3 Å². The van der Waals surface area contributed by atoms with Crippen molar-refractivity contribution in [1.82, 2.24) is 4.98 Å². The molecule has 1 heterocycles. The number of aromatic nitrogens is 1. The molecule has 0 amide bonds. The van der Waals surface area contributed by atoms with Crippen molar-refractivity contribution in [3.05, 3.63) is 29.8 Å². The van der Waals surface area contributed by atoms with Crippen LogP contribution >= 0.6 is 11.3 Å². The van der Waals surface area contributed by atoms with Crippen molar-refractivity contribution in [2.75, 3.05) is 0 Å². The molecule has 0 bridgehead atoms. The molecule has 0 saturated carbocycles. The van der Waals surface area contributed by atoms with Crippen LogP contribution in [0.25, 0.3) is 10.6 Å². The molecule has 0 aliphatic carbocycles. The van der Waals surface area contributed by atoms with E-state index in [2.05, 4.69) is 4.98 Å². The molecule has 4 heteroatoms. The molecule has 0 saturated heterocycles. The first kappa shape index (κ1) is 9.02. The molecule has 0 radical (unpaired) electrons. The summed E-state index contributed by atoms with van der Waals surface area (Å²) in [6, 6.07) is 7.71. The first-order valence-corrected chi connectivity index (χ1v) is 4.95. The van der Waals surface area contributed by atoms with Crippen LogP contribution in [-0.2, 0) is 0 Å². The molecule has 3 nitrogen and oxygen atoms in total. The maximum Gasteiger partial charge on any atom is 0.267 e. The Morgan fingerprint density at radius 2 is 1.93 bits per heavy atom. The summed E-state index contributed by atoms with van der Waals surface area (Å²) in [5.41, 5.74) is 2.01. The minimum absolute atomic E-state index is 0.136. The summed E-state index contributed by atoms with van der Waals surface area (Å²) < 4.78 is 0. The van der Waals surface area contributed by atoms with Gasteiger partial charge in [0.2, 0.25) is 5.06 Å². The number of rotatable bonds is 1. The Bertz CT molecular complexity index is 445. The van der Waals surface area contributed by atoms with E-state index in [1.165, 1.54) is 0 Å². The van der Waals surface area contributed by atoms with Gasteiger partial charge in [-0.15, -0.1) is 0 Å². The van der Waals surface area contributed by atoms with Gasteiger partial charge < -0.3 is 10.2 Å². The van der Waals surface area contributed by atoms with Crippen LogP contribution in [0.1, 0.15) is 5.56 Å². The first-order chi connectivity index (χ1) is 6.68. The third-order valence-corrected chi connectivity index (χ3v) is 2.85. The minimum Gasteiger partial charge on any atom is -0.496 e. The summed E-state index contributed by atoms with van der Waals surface area (Å²) in [4.78, 5) is 3.87. The Hall–Kier alpha value is -1.55. The molecule has 2 aromatic rings. The van der Waals surface area contributed by atoms with Gasteiger partial charge in [-0.1, -0.05) is 35.6 Å². The van der Waals surface area contributed by atoms with Gasteiger partial charge in [0, 0.05) is 5.56 Å². The molecular formula is C10H9NO2S. The second-order valence-electron chi connectivity index (χ2n) is 2.96. The number of nitrogens with zero attached hydrogens (tertiary/aromatic N) is 1. The number of hydrogen-bond acceptors (Lipinski definition) is 4. The van der Waals surface area contributed by atoms with Gasteiger partial charge in [0.05, 0.1) is 0 Å². The monoisotopic (exact) mass is 207 g/mol. The fourth-order valence-corrected chi connectivity index (χ4v) is 2.02. The van der Waals surface area contributed by atoms with Gasteiger partial charge in [0.1, 0.15) is 5.01 Å². The summed E-state index contributed by atoms with van der Waals surface area (Å²) in [6.07, 6.45) is 0. The molecule has 0 unspecified atom stereocenters. The van der Waals surface area contributed by atoms with Crippen LogP contribution in [0.5, 0.6) is 10.9 Å². The second kappa shape index (κ2) is 3.31. The van der Waals surface area contributed by atoms with E-state index >= 15 is 0 Å². The Morgan fingerprint density at radius 3 is 2.50 bits per heavy atom. The quantitative estimate of drug-likeness (QED) is 0.755. The van der Waals surface area contributed by atoms with Crippen molar-refractivity contribution in [1.29, 1.82) is 0 Å². The van der Waals surface area contributed by atoms with Gasteiger partial charge in [-0.05, 0) is 12.5 Å². The van der Waals surface area contributed by atoms with Gasteiger partial charge in [0.25, 0.3) is 5.88 Å². The SMILES string of the molecule is Cc1ccccc1-c1nc(O)c(O)s1. The largest absolute Gasteiger partial charge is 0.496 e. The van der Waals surface area contributed by atoms with Crippen LogP contribution in [0, 0.1) is 6.92 Å². The molecule has 14 heavy (non-hydrogen) atoms. The zero-order chi connectivity index (χ0) is 10.1.